The first-order chi connectivity index (χ1) is 14.4. The molecule has 0 fully saturated rings. The molecule has 12 heteroatoms. The van der Waals surface area contributed by atoms with E-state index in [1.54, 1.807) is 26.0 Å². The number of hydrogen-bond donors (Lipinski definition) is 1. The van der Waals surface area contributed by atoms with Gasteiger partial charge in [-0.2, -0.15) is 0 Å². The van der Waals surface area contributed by atoms with Crippen molar-refractivity contribution >= 4 is 11.8 Å². The number of azide groups is 1. The summed E-state index contributed by atoms with van der Waals surface area (Å²) in [5.74, 6) is 0. The SMILES string of the molecule is CC(COCCOCCOCCOC(=O)NC(C)c1ccc([N+](=O)[O-])cc1)N=[N+]=[N-]. The molecule has 0 saturated carbocycles. The summed E-state index contributed by atoms with van der Waals surface area (Å²) in [5, 5.41) is 16.8. The molecule has 0 aliphatic carbocycles. The highest BCUT2D eigenvalue weighted by Gasteiger charge is 2.12. The third kappa shape index (κ3) is 11.2. The van der Waals surface area contributed by atoms with Crippen LogP contribution in [-0.4, -0.2) is 63.3 Å². The molecule has 30 heavy (non-hydrogen) atoms. The van der Waals surface area contributed by atoms with Crippen LogP contribution in [0.5, 0.6) is 0 Å². The Hall–Kier alpha value is -2.92. The molecule has 0 aliphatic rings. The van der Waals surface area contributed by atoms with E-state index in [4.69, 9.17) is 24.5 Å². The molecule has 1 aromatic rings. The molecule has 0 spiro atoms. The van der Waals surface area contributed by atoms with Crippen LogP contribution in [0.3, 0.4) is 0 Å². The first-order valence-corrected chi connectivity index (χ1v) is 9.39. The fourth-order valence-electron chi connectivity index (χ4n) is 2.19. The molecule has 0 saturated heterocycles. The van der Waals surface area contributed by atoms with Crippen LogP contribution < -0.4 is 5.32 Å². The molecule has 1 N–H and O–H groups in total. The predicted molar refractivity (Wildman–Crippen MR) is 107 cm³/mol. The van der Waals surface area contributed by atoms with E-state index in [-0.39, 0.29) is 31.0 Å². The van der Waals surface area contributed by atoms with Gasteiger partial charge in [-0.15, -0.1) is 0 Å². The Labute approximate surface area is 174 Å². The van der Waals surface area contributed by atoms with Crippen LogP contribution in [0, 0.1) is 10.1 Å². The molecular formula is C18H27N5O7. The maximum absolute atomic E-state index is 11.8. The summed E-state index contributed by atoms with van der Waals surface area (Å²) in [7, 11) is 0. The number of carbonyl (C=O) groups excluding carboxylic acids is 1. The van der Waals surface area contributed by atoms with Gasteiger partial charge < -0.3 is 24.3 Å². The second-order valence-electron chi connectivity index (χ2n) is 6.20. The van der Waals surface area contributed by atoms with Crippen LogP contribution in [-0.2, 0) is 18.9 Å². The van der Waals surface area contributed by atoms with Crippen molar-refractivity contribution in [2.24, 2.45) is 5.11 Å². The van der Waals surface area contributed by atoms with Gasteiger partial charge in [0, 0.05) is 17.0 Å². The van der Waals surface area contributed by atoms with Crippen molar-refractivity contribution in [1.29, 1.82) is 0 Å². The lowest BCUT2D eigenvalue weighted by atomic mass is 10.1. The molecular weight excluding hydrogens is 398 g/mol. The zero-order chi connectivity index (χ0) is 22.2. The zero-order valence-corrected chi connectivity index (χ0v) is 17.1. The van der Waals surface area contributed by atoms with Crippen LogP contribution in [0.15, 0.2) is 29.4 Å². The average molecular weight is 425 g/mol. The number of nitro benzene ring substituents is 1. The summed E-state index contributed by atoms with van der Waals surface area (Å²) in [6, 6.07) is 5.35. The van der Waals surface area contributed by atoms with Gasteiger partial charge in [-0.3, -0.25) is 10.1 Å². The summed E-state index contributed by atoms with van der Waals surface area (Å²) in [5.41, 5.74) is 8.96. The van der Waals surface area contributed by atoms with Crippen molar-refractivity contribution in [3.8, 4) is 0 Å². The van der Waals surface area contributed by atoms with E-state index in [9.17, 15) is 14.9 Å². The van der Waals surface area contributed by atoms with E-state index in [0.29, 0.717) is 33.0 Å². The highest BCUT2D eigenvalue weighted by molar-refractivity contribution is 5.67. The van der Waals surface area contributed by atoms with Gasteiger partial charge in [-0.1, -0.05) is 24.2 Å². The fourth-order valence-corrected chi connectivity index (χ4v) is 2.19. The Kier molecular flexibility index (Phi) is 12.6. The van der Waals surface area contributed by atoms with E-state index in [2.05, 4.69) is 15.3 Å². The predicted octanol–water partition coefficient (Wildman–Crippen LogP) is 3.13. The van der Waals surface area contributed by atoms with Gasteiger partial charge >= 0.3 is 6.09 Å². The Morgan fingerprint density at radius 2 is 1.67 bits per heavy atom. The number of rotatable bonds is 15. The third-order valence-corrected chi connectivity index (χ3v) is 3.75. The minimum Gasteiger partial charge on any atom is -0.447 e. The number of ether oxygens (including phenoxy) is 4. The number of alkyl carbamates (subject to hydrolysis) is 1. The summed E-state index contributed by atoms with van der Waals surface area (Å²) < 4.78 is 20.9. The Bertz CT molecular complexity index is 695. The van der Waals surface area contributed by atoms with E-state index in [0.717, 1.165) is 5.56 Å². The molecule has 2 unspecified atom stereocenters. The van der Waals surface area contributed by atoms with Crippen molar-refractivity contribution < 1.29 is 28.7 Å². The summed E-state index contributed by atoms with van der Waals surface area (Å²) in [6.45, 7) is 5.66. The van der Waals surface area contributed by atoms with Crippen LogP contribution in [0.2, 0.25) is 0 Å². The zero-order valence-electron chi connectivity index (χ0n) is 17.1. The van der Waals surface area contributed by atoms with Gasteiger partial charge in [0.05, 0.1) is 56.6 Å². The number of nitro groups is 1. The number of amides is 1. The maximum atomic E-state index is 11.8. The molecule has 1 aromatic carbocycles. The molecule has 166 valence electrons. The van der Waals surface area contributed by atoms with Gasteiger partial charge in [-0.25, -0.2) is 4.79 Å². The second-order valence-corrected chi connectivity index (χ2v) is 6.20. The monoisotopic (exact) mass is 425 g/mol. The minimum atomic E-state index is -0.604. The molecule has 0 heterocycles. The van der Waals surface area contributed by atoms with Gasteiger partial charge in [-0.05, 0) is 18.0 Å². The molecule has 2 atom stereocenters. The molecule has 0 aromatic heterocycles. The highest BCUT2D eigenvalue weighted by Crippen LogP contribution is 2.17. The molecule has 1 amide bonds. The largest absolute Gasteiger partial charge is 0.447 e. The van der Waals surface area contributed by atoms with E-state index < -0.39 is 11.0 Å². The summed E-state index contributed by atoms with van der Waals surface area (Å²) in [6.07, 6.45) is -0.604. The number of hydrogen-bond acceptors (Lipinski definition) is 8. The number of nitrogens with one attached hydrogen (secondary N) is 1. The Balaban J connectivity index is 2.01. The number of nitrogens with zero attached hydrogens (tertiary/aromatic N) is 4. The van der Waals surface area contributed by atoms with E-state index >= 15 is 0 Å². The van der Waals surface area contributed by atoms with Crippen molar-refractivity contribution in [2.45, 2.75) is 25.9 Å². The molecule has 0 aliphatic heterocycles. The first kappa shape index (κ1) is 25.1. The smallest absolute Gasteiger partial charge is 0.407 e. The number of carbonyl (C=O) groups is 1. The average Bonchev–Trinajstić information content (AvgIpc) is 2.72. The number of benzene rings is 1. The van der Waals surface area contributed by atoms with Crippen LogP contribution in [0.1, 0.15) is 25.5 Å². The third-order valence-electron chi connectivity index (χ3n) is 3.75. The van der Waals surface area contributed by atoms with E-state index in [1.165, 1.54) is 12.1 Å². The second kappa shape index (κ2) is 15.0. The first-order valence-electron chi connectivity index (χ1n) is 9.39. The normalized spacial score (nSPS) is 12.5. The summed E-state index contributed by atoms with van der Waals surface area (Å²) in [4.78, 5) is 24.6. The Morgan fingerprint density at radius 1 is 1.10 bits per heavy atom. The van der Waals surface area contributed by atoms with Crippen LogP contribution in [0.25, 0.3) is 10.4 Å². The molecule has 0 radical (unpaired) electrons. The van der Waals surface area contributed by atoms with Gasteiger partial charge in [0.15, 0.2) is 0 Å². The number of non-ortho nitro benzene ring substituents is 1. The summed E-state index contributed by atoms with van der Waals surface area (Å²) >= 11 is 0. The van der Waals surface area contributed by atoms with Crippen molar-refractivity contribution in [2.75, 3.05) is 46.2 Å². The maximum Gasteiger partial charge on any atom is 0.407 e. The van der Waals surface area contributed by atoms with E-state index in [1.807, 2.05) is 0 Å². The quantitative estimate of drug-likeness (QED) is 0.113. The topological polar surface area (TPSA) is 158 Å². The molecule has 1 rings (SSSR count). The minimum absolute atomic E-state index is 0.0119. The molecule has 12 nitrogen and oxygen atoms in total. The van der Waals surface area contributed by atoms with Crippen LogP contribution in [0.4, 0.5) is 10.5 Å². The fraction of sp³-hybridized carbons (Fsp3) is 0.611. The van der Waals surface area contributed by atoms with Crippen molar-refractivity contribution in [3.05, 3.63) is 50.4 Å². The Morgan fingerprint density at radius 3 is 2.23 bits per heavy atom. The standard InChI is InChI=1S/C18H27N5O7/c1-14(21-22-19)13-29-10-9-27-7-8-28-11-12-30-18(24)20-15(2)16-3-5-17(6-4-16)23(25)26/h3-6,14-15H,7-13H2,1-2H3,(H,20,24). The lowest BCUT2D eigenvalue weighted by Gasteiger charge is -2.14. The lowest BCUT2D eigenvalue weighted by Crippen LogP contribution is -2.28. The highest BCUT2D eigenvalue weighted by atomic mass is 16.6. The molecule has 0 bridgehead atoms. The van der Waals surface area contributed by atoms with Crippen molar-refractivity contribution in [1.82, 2.24) is 5.32 Å². The van der Waals surface area contributed by atoms with Gasteiger partial charge in [0.2, 0.25) is 0 Å². The van der Waals surface area contributed by atoms with Gasteiger partial charge in [0.25, 0.3) is 5.69 Å². The lowest BCUT2D eigenvalue weighted by molar-refractivity contribution is -0.384. The van der Waals surface area contributed by atoms with Crippen LogP contribution >= 0.6 is 0 Å². The van der Waals surface area contributed by atoms with Crippen molar-refractivity contribution in [3.63, 3.8) is 0 Å². The van der Waals surface area contributed by atoms with Gasteiger partial charge in [0.1, 0.15) is 6.61 Å².